The molecule has 1 aliphatic carbocycles. The lowest BCUT2D eigenvalue weighted by Crippen LogP contribution is -2.24. The number of fused-ring (bicyclic) bond motifs is 1. The van der Waals surface area contributed by atoms with E-state index in [0.29, 0.717) is 23.4 Å². The smallest absolute Gasteiger partial charge is 0.490 e. The summed E-state index contributed by atoms with van der Waals surface area (Å²) >= 11 is 0. The Balaban J connectivity index is 0.000000479. The number of aromatic nitrogens is 2. The molecule has 0 unspecified atom stereocenters. The van der Waals surface area contributed by atoms with E-state index in [2.05, 4.69) is 10.4 Å². The molecule has 0 radical (unpaired) electrons. The normalized spacial score (nSPS) is 12.5. The van der Waals surface area contributed by atoms with Crippen LogP contribution in [0.2, 0.25) is 0 Å². The topological polar surface area (TPSA) is 218 Å². The number of halogens is 9. The standard InChI is InChI=1S/C23H23F3N6O2.2C2HF3O2/c24-23(25,26)16-9-13(22(34)30-11-14-8-12(21(28)29)5-7-20(14)33)4-6-19(16)32-18-3-1-2-15(18)17(10-27)31-32;2*3-2(4,5)1(6)7/h4-9,33H,1-3,10-11,27H2,(H3,28,29)(H,30,34);2*(H,6,7). The van der Waals surface area contributed by atoms with E-state index in [1.54, 1.807) is 0 Å². The monoisotopic (exact) mass is 700 g/mol. The van der Waals surface area contributed by atoms with Gasteiger partial charge < -0.3 is 32.1 Å². The summed E-state index contributed by atoms with van der Waals surface area (Å²) in [5.74, 6) is -6.63. The van der Waals surface area contributed by atoms with Gasteiger partial charge in [-0.15, -0.1) is 0 Å². The largest absolute Gasteiger partial charge is 0.508 e. The third-order valence-corrected chi connectivity index (χ3v) is 6.31. The number of nitrogen functional groups attached to an aromatic ring is 1. The van der Waals surface area contributed by atoms with Crippen LogP contribution >= 0.6 is 0 Å². The van der Waals surface area contributed by atoms with E-state index in [9.17, 15) is 49.4 Å². The van der Waals surface area contributed by atoms with Crippen molar-refractivity contribution in [2.45, 2.75) is 50.9 Å². The van der Waals surface area contributed by atoms with Gasteiger partial charge in [-0.05, 0) is 61.2 Å². The molecule has 2 aromatic carbocycles. The number of phenolic OH excluding ortho intramolecular Hbond substituents is 1. The number of aromatic hydroxyl groups is 1. The van der Waals surface area contributed by atoms with Gasteiger partial charge in [0.15, 0.2) is 0 Å². The van der Waals surface area contributed by atoms with Crippen LogP contribution in [0, 0.1) is 5.41 Å². The van der Waals surface area contributed by atoms with Crippen molar-refractivity contribution in [2.75, 3.05) is 0 Å². The molecule has 4 rings (SSSR count). The predicted molar refractivity (Wildman–Crippen MR) is 146 cm³/mol. The molecular formula is C27H25F9N6O6. The van der Waals surface area contributed by atoms with E-state index < -0.39 is 41.9 Å². The first kappa shape index (κ1) is 38.8. The van der Waals surface area contributed by atoms with Crippen molar-refractivity contribution in [2.24, 2.45) is 11.5 Å². The Kier molecular flexibility index (Phi) is 12.2. The number of nitrogens with one attached hydrogen (secondary N) is 2. The van der Waals surface area contributed by atoms with E-state index in [-0.39, 0.29) is 41.5 Å². The summed E-state index contributed by atoms with van der Waals surface area (Å²) in [6, 6.07) is 7.53. The van der Waals surface area contributed by atoms with Crippen LogP contribution in [-0.4, -0.2) is 61.1 Å². The number of phenols is 1. The number of benzene rings is 2. The molecule has 0 fully saturated rings. The van der Waals surface area contributed by atoms with Crippen LogP contribution < -0.4 is 16.8 Å². The fourth-order valence-electron chi connectivity index (χ4n) is 4.14. The number of hydrogen-bond donors (Lipinski definition) is 7. The number of carboxylic acids is 2. The molecule has 48 heavy (non-hydrogen) atoms. The van der Waals surface area contributed by atoms with Gasteiger partial charge >= 0.3 is 30.5 Å². The first-order valence-electron chi connectivity index (χ1n) is 13.0. The average molecular weight is 701 g/mol. The van der Waals surface area contributed by atoms with Crippen LogP contribution in [0.25, 0.3) is 5.69 Å². The lowest BCUT2D eigenvalue weighted by Gasteiger charge is -2.16. The number of carbonyl (C=O) groups excluding carboxylic acids is 1. The van der Waals surface area contributed by atoms with Crippen LogP contribution in [0.4, 0.5) is 39.5 Å². The van der Waals surface area contributed by atoms with E-state index in [0.717, 1.165) is 24.5 Å². The third-order valence-electron chi connectivity index (χ3n) is 6.31. The van der Waals surface area contributed by atoms with E-state index in [4.69, 9.17) is 36.7 Å². The zero-order chi connectivity index (χ0) is 36.8. The molecule has 0 spiro atoms. The molecular weight excluding hydrogens is 675 g/mol. The van der Waals surface area contributed by atoms with E-state index in [1.165, 1.54) is 35.0 Å². The quantitative estimate of drug-likeness (QED) is 0.112. The summed E-state index contributed by atoms with van der Waals surface area (Å²) in [5.41, 5.74) is 12.6. The number of aliphatic carboxylic acids is 2. The molecule has 1 aromatic heterocycles. The van der Waals surface area contributed by atoms with Crippen LogP contribution in [-0.2, 0) is 41.7 Å². The van der Waals surface area contributed by atoms with E-state index >= 15 is 0 Å². The summed E-state index contributed by atoms with van der Waals surface area (Å²) in [5, 5.41) is 38.5. The SMILES string of the molecule is N=C(N)c1ccc(O)c(CNC(=O)c2ccc(-n3nc(CN)c4c3CCC4)c(C(F)(F)F)c2)c1.O=C(O)C(F)(F)F.O=C(O)C(F)(F)F. The highest BCUT2D eigenvalue weighted by molar-refractivity contribution is 5.96. The van der Waals surface area contributed by atoms with Gasteiger partial charge in [0.25, 0.3) is 5.91 Å². The Morgan fingerprint density at radius 1 is 0.896 bits per heavy atom. The number of carboxylic acid groups (broad SMARTS) is 2. The molecule has 1 heterocycles. The second-order valence-electron chi connectivity index (χ2n) is 9.62. The molecule has 21 heteroatoms. The van der Waals surface area contributed by atoms with Crippen molar-refractivity contribution in [3.05, 3.63) is 75.6 Å². The summed E-state index contributed by atoms with van der Waals surface area (Å²) in [6.07, 6.45) is -12.7. The van der Waals surface area contributed by atoms with Crippen LogP contribution in [0.15, 0.2) is 36.4 Å². The summed E-state index contributed by atoms with van der Waals surface area (Å²) < 4.78 is 107. The maximum Gasteiger partial charge on any atom is 0.490 e. The van der Waals surface area contributed by atoms with E-state index in [1.807, 2.05) is 0 Å². The molecule has 3 aromatic rings. The summed E-state index contributed by atoms with van der Waals surface area (Å²) in [7, 11) is 0. The van der Waals surface area contributed by atoms with Crippen molar-refractivity contribution in [3.8, 4) is 11.4 Å². The number of rotatable bonds is 6. The number of carbonyl (C=O) groups is 3. The number of nitrogens with zero attached hydrogens (tertiary/aromatic N) is 2. The second kappa shape index (κ2) is 15.0. The van der Waals surface area contributed by atoms with Gasteiger partial charge in [0, 0.05) is 35.5 Å². The van der Waals surface area contributed by atoms with Crippen LogP contribution in [0.3, 0.4) is 0 Å². The van der Waals surface area contributed by atoms with Crippen molar-refractivity contribution in [3.63, 3.8) is 0 Å². The number of alkyl halides is 9. The number of amidine groups is 1. The Bertz CT molecular complexity index is 1660. The Labute approximate surface area is 263 Å². The van der Waals surface area contributed by atoms with Gasteiger partial charge in [0.2, 0.25) is 0 Å². The van der Waals surface area contributed by atoms with Gasteiger partial charge in [0.05, 0.1) is 16.9 Å². The van der Waals surface area contributed by atoms with Crippen molar-refractivity contribution in [1.29, 1.82) is 5.41 Å². The lowest BCUT2D eigenvalue weighted by atomic mass is 10.1. The third kappa shape index (κ3) is 10.1. The zero-order valence-electron chi connectivity index (χ0n) is 24.0. The molecule has 1 aliphatic rings. The van der Waals surface area contributed by atoms with Crippen molar-refractivity contribution < 1.29 is 69.2 Å². The fraction of sp³-hybridized carbons (Fsp3) is 0.296. The Hall–Kier alpha value is -5.34. The molecule has 9 N–H and O–H groups in total. The van der Waals surface area contributed by atoms with Crippen molar-refractivity contribution in [1.82, 2.24) is 15.1 Å². The number of hydrogen-bond acceptors (Lipinski definition) is 7. The summed E-state index contributed by atoms with van der Waals surface area (Å²) in [6.45, 7) is -0.0315. The minimum absolute atomic E-state index is 0.134. The predicted octanol–water partition coefficient (Wildman–Crippen LogP) is 4.02. The lowest BCUT2D eigenvalue weighted by molar-refractivity contribution is -0.193. The fourth-order valence-corrected chi connectivity index (χ4v) is 4.14. The van der Waals surface area contributed by atoms with Crippen LogP contribution in [0.5, 0.6) is 5.75 Å². The van der Waals surface area contributed by atoms with Gasteiger partial charge in [0.1, 0.15) is 11.6 Å². The molecule has 0 bridgehead atoms. The highest BCUT2D eigenvalue weighted by Crippen LogP contribution is 2.37. The molecule has 262 valence electrons. The van der Waals surface area contributed by atoms with Gasteiger partial charge in [-0.3, -0.25) is 10.2 Å². The maximum atomic E-state index is 14.0. The second-order valence-corrected chi connectivity index (χ2v) is 9.62. The van der Waals surface area contributed by atoms with Gasteiger partial charge in [-0.2, -0.15) is 44.6 Å². The number of amides is 1. The Morgan fingerprint density at radius 2 is 1.44 bits per heavy atom. The van der Waals surface area contributed by atoms with Crippen LogP contribution in [0.1, 0.15) is 50.4 Å². The highest BCUT2D eigenvalue weighted by Gasteiger charge is 2.39. The van der Waals surface area contributed by atoms with Gasteiger partial charge in [-0.1, -0.05) is 0 Å². The highest BCUT2D eigenvalue weighted by atomic mass is 19.4. The number of nitrogens with two attached hydrogens (primary N) is 2. The molecule has 12 nitrogen and oxygen atoms in total. The molecule has 0 aliphatic heterocycles. The molecule has 0 atom stereocenters. The molecule has 0 saturated heterocycles. The summed E-state index contributed by atoms with van der Waals surface area (Å²) in [4.78, 5) is 30.4. The maximum absolute atomic E-state index is 14.0. The van der Waals surface area contributed by atoms with Gasteiger partial charge in [-0.25, -0.2) is 14.3 Å². The molecule has 1 amide bonds. The average Bonchev–Trinajstić information content (AvgIpc) is 3.58. The minimum Gasteiger partial charge on any atom is -0.508 e. The first-order valence-corrected chi connectivity index (χ1v) is 13.0. The first-order chi connectivity index (χ1) is 22.0. The zero-order valence-corrected chi connectivity index (χ0v) is 24.0. The molecule has 0 saturated carbocycles. The minimum atomic E-state index is -5.08. The van der Waals surface area contributed by atoms with Crippen molar-refractivity contribution >= 4 is 23.7 Å². The Morgan fingerprint density at radius 3 is 1.92 bits per heavy atom.